The van der Waals surface area contributed by atoms with Crippen LogP contribution >= 0.6 is 0 Å². The van der Waals surface area contributed by atoms with E-state index in [1.165, 1.54) is 0 Å². The molecule has 1 heterocycles. The number of hydrogen-bond acceptors (Lipinski definition) is 5. The molecule has 0 saturated heterocycles. The zero-order valence-corrected chi connectivity index (χ0v) is 7.81. The van der Waals surface area contributed by atoms with Crippen LogP contribution in [-0.4, -0.2) is 4.68 Å². The molecule has 0 spiro atoms. The van der Waals surface area contributed by atoms with Crippen LogP contribution in [0.5, 0.6) is 0 Å². The van der Waals surface area contributed by atoms with Crippen molar-refractivity contribution in [2.24, 2.45) is 0 Å². The number of nitrogens with two attached hydrogens (primary N) is 2. The van der Waals surface area contributed by atoms with Crippen molar-refractivity contribution < 1.29 is 4.42 Å². The number of rotatable bonds is 2. The maximum absolute atomic E-state index is 11.0. The molecule has 0 bridgehead atoms. The summed E-state index contributed by atoms with van der Waals surface area (Å²) in [5.74, 6) is 4.92. The van der Waals surface area contributed by atoms with Crippen LogP contribution in [0.1, 0.15) is 0 Å². The minimum atomic E-state index is -0.703. The van der Waals surface area contributed by atoms with E-state index in [9.17, 15) is 4.79 Å². The van der Waals surface area contributed by atoms with Gasteiger partial charge in [0.2, 0.25) is 5.88 Å². The summed E-state index contributed by atoms with van der Waals surface area (Å²) in [6.07, 6.45) is 0. The number of aromatic nitrogens is 1. The molecule has 0 amide bonds. The van der Waals surface area contributed by atoms with Crippen molar-refractivity contribution in [3.8, 4) is 0 Å². The zero-order valence-electron chi connectivity index (χ0n) is 7.81. The summed E-state index contributed by atoms with van der Waals surface area (Å²) >= 11 is 0. The van der Waals surface area contributed by atoms with E-state index >= 15 is 0 Å². The average Bonchev–Trinajstić information content (AvgIpc) is 2.47. The lowest BCUT2D eigenvalue weighted by molar-refractivity contribution is 0.516. The fraction of sp³-hybridized carbons (Fsp3) is 0. The molecule has 0 aliphatic rings. The van der Waals surface area contributed by atoms with Crippen molar-refractivity contribution in [3.63, 3.8) is 0 Å². The lowest BCUT2D eigenvalue weighted by Crippen LogP contribution is -2.23. The highest BCUT2D eigenvalue weighted by Crippen LogP contribution is 2.19. The summed E-state index contributed by atoms with van der Waals surface area (Å²) in [5.41, 5.74) is 6.23. The Morgan fingerprint density at radius 3 is 2.47 bits per heavy atom. The largest absolute Gasteiger partial charge is 0.441 e. The Bertz CT molecular complexity index is 515. The maximum Gasteiger partial charge on any atom is 0.441 e. The van der Waals surface area contributed by atoms with Crippen molar-refractivity contribution in [2.45, 2.75) is 0 Å². The molecule has 0 unspecified atom stereocenters. The monoisotopic (exact) mass is 206 g/mol. The molecule has 1 aromatic carbocycles. The predicted molar refractivity (Wildman–Crippen MR) is 57.3 cm³/mol. The Hall–Kier alpha value is -2.37. The predicted octanol–water partition coefficient (Wildman–Crippen LogP) is 0.481. The summed E-state index contributed by atoms with van der Waals surface area (Å²) in [6, 6.07) is 9.20. The Balaban J connectivity index is 2.36. The van der Waals surface area contributed by atoms with Crippen LogP contribution < -0.4 is 22.6 Å². The van der Waals surface area contributed by atoms with Crippen LogP contribution in [0.15, 0.2) is 39.5 Å². The lowest BCUT2D eigenvalue weighted by atomic mass is 10.3. The Morgan fingerprint density at radius 2 is 1.93 bits per heavy atom. The third-order valence-corrected chi connectivity index (χ3v) is 1.90. The smallest absolute Gasteiger partial charge is 0.388 e. The molecule has 15 heavy (non-hydrogen) atoms. The highest BCUT2D eigenvalue weighted by Gasteiger charge is 2.11. The second kappa shape index (κ2) is 3.41. The Labute approximate surface area is 85.1 Å². The maximum atomic E-state index is 11.0. The third kappa shape index (κ3) is 1.64. The third-order valence-electron chi connectivity index (χ3n) is 1.90. The van der Waals surface area contributed by atoms with Gasteiger partial charge in [-0.1, -0.05) is 18.2 Å². The van der Waals surface area contributed by atoms with Gasteiger partial charge in [-0.3, -0.25) is 0 Å². The molecule has 2 aromatic rings. The molecule has 6 nitrogen and oxygen atoms in total. The Morgan fingerprint density at radius 1 is 1.27 bits per heavy atom. The first-order chi connectivity index (χ1) is 7.18. The molecule has 0 radical (unpaired) electrons. The zero-order chi connectivity index (χ0) is 10.8. The second-order valence-corrected chi connectivity index (χ2v) is 2.94. The standard InChI is InChI=1S/C9H10N4O2/c10-7-8(13(11)9(14)15-7)12-6-4-2-1-3-5-6/h1-5,12H,10-11H2. The van der Waals surface area contributed by atoms with Crippen LogP contribution in [0.25, 0.3) is 0 Å². The molecule has 0 fully saturated rings. The van der Waals surface area contributed by atoms with E-state index in [0.717, 1.165) is 10.4 Å². The molecule has 2 rings (SSSR count). The normalized spacial score (nSPS) is 10.1. The first kappa shape index (κ1) is 9.20. The summed E-state index contributed by atoms with van der Waals surface area (Å²) in [4.78, 5) is 11.0. The van der Waals surface area contributed by atoms with Crippen LogP contribution in [-0.2, 0) is 0 Å². The number of nitrogen functional groups attached to an aromatic ring is 2. The van der Waals surface area contributed by atoms with E-state index in [-0.39, 0.29) is 11.7 Å². The van der Waals surface area contributed by atoms with Gasteiger partial charge in [-0.2, -0.15) is 4.68 Å². The minimum absolute atomic E-state index is 0.0358. The van der Waals surface area contributed by atoms with Gasteiger partial charge in [-0.05, 0) is 12.1 Å². The van der Waals surface area contributed by atoms with Crippen molar-refractivity contribution in [3.05, 3.63) is 40.9 Å². The van der Waals surface area contributed by atoms with E-state index in [1.54, 1.807) is 0 Å². The van der Waals surface area contributed by atoms with Crippen molar-refractivity contribution in [1.29, 1.82) is 0 Å². The second-order valence-electron chi connectivity index (χ2n) is 2.94. The molecule has 6 heteroatoms. The molecule has 0 atom stereocenters. The van der Waals surface area contributed by atoms with Crippen LogP contribution in [0.3, 0.4) is 0 Å². The quantitative estimate of drug-likeness (QED) is 0.620. The van der Waals surface area contributed by atoms with Gasteiger partial charge < -0.3 is 21.3 Å². The number of para-hydroxylation sites is 1. The summed E-state index contributed by atoms with van der Waals surface area (Å²) in [6.45, 7) is 0. The van der Waals surface area contributed by atoms with Gasteiger partial charge >= 0.3 is 5.76 Å². The summed E-state index contributed by atoms with van der Waals surface area (Å²) in [7, 11) is 0. The Kier molecular flexibility index (Phi) is 2.09. The van der Waals surface area contributed by atoms with Crippen molar-refractivity contribution in [2.75, 3.05) is 16.9 Å². The first-order valence-electron chi connectivity index (χ1n) is 4.27. The number of anilines is 3. The van der Waals surface area contributed by atoms with E-state index in [0.29, 0.717) is 0 Å². The van der Waals surface area contributed by atoms with Gasteiger partial charge in [-0.25, -0.2) is 4.79 Å². The number of benzene rings is 1. The van der Waals surface area contributed by atoms with Crippen molar-refractivity contribution in [1.82, 2.24) is 4.68 Å². The highest BCUT2D eigenvalue weighted by molar-refractivity contribution is 5.64. The molecule has 0 saturated carbocycles. The fourth-order valence-electron chi connectivity index (χ4n) is 1.18. The summed E-state index contributed by atoms with van der Waals surface area (Å²) in [5, 5.41) is 2.88. The van der Waals surface area contributed by atoms with Crippen LogP contribution in [0.4, 0.5) is 17.4 Å². The molecule has 0 aliphatic heterocycles. The highest BCUT2D eigenvalue weighted by atomic mass is 16.4. The van der Waals surface area contributed by atoms with Gasteiger partial charge in [0.1, 0.15) is 0 Å². The molecule has 1 aromatic heterocycles. The number of hydrogen-bond donors (Lipinski definition) is 3. The number of oxazole rings is 1. The van der Waals surface area contributed by atoms with E-state index in [2.05, 4.69) is 9.73 Å². The first-order valence-corrected chi connectivity index (χ1v) is 4.27. The van der Waals surface area contributed by atoms with Gasteiger partial charge in [0.25, 0.3) is 0 Å². The number of nitrogens with one attached hydrogen (secondary N) is 1. The van der Waals surface area contributed by atoms with E-state index in [4.69, 9.17) is 11.6 Å². The van der Waals surface area contributed by atoms with Gasteiger partial charge in [0.05, 0.1) is 0 Å². The van der Waals surface area contributed by atoms with Crippen LogP contribution in [0, 0.1) is 0 Å². The molecular formula is C9H10N4O2. The van der Waals surface area contributed by atoms with E-state index < -0.39 is 5.76 Å². The van der Waals surface area contributed by atoms with Gasteiger partial charge in [0.15, 0.2) is 5.82 Å². The topological polar surface area (TPSA) is 99.2 Å². The lowest BCUT2D eigenvalue weighted by Gasteiger charge is -2.04. The minimum Gasteiger partial charge on any atom is -0.388 e. The van der Waals surface area contributed by atoms with E-state index in [1.807, 2.05) is 30.3 Å². The molecule has 0 aliphatic carbocycles. The summed E-state index contributed by atoms with van der Waals surface area (Å²) < 4.78 is 5.44. The van der Waals surface area contributed by atoms with Gasteiger partial charge in [-0.15, -0.1) is 0 Å². The molecule has 5 N–H and O–H groups in total. The van der Waals surface area contributed by atoms with Gasteiger partial charge in [0, 0.05) is 5.69 Å². The SMILES string of the molecule is Nc1oc(=O)n(N)c1Nc1ccccc1. The molecule has 78 valence electrons. The van der Waals surface area contributed by atoms with Crippen LogP contribution in [0.2, 0.25) is 0 Å². The molecular weight excluding hydrogens is 196 g/mol. The fourth-order valence-corrected chi connectivity index (χ4v) is 1.18. The average molecular weight is 206 g/mol. The van der Waals surface area contributed by atoms with Crippen molar-refractivity contribution >= 4 is 17.4 Å². The number of nitrogens with zero attached hydrogens (tertiary/aromatic N) is 1.